The number of carbonyl (C=O) groups excluding carboxylic acids is 1. The molecule has 1 aromatic rings. The van der Waals surface area contributed by atoms with Crippen LogP contribution in [0.4, 0.5) is 5.82 Å². The smallest absolute Gasteiger partial charge is 0.251 e. The van der Waals surface area contributed by atoms with Gasteiger partial charge in [0.25, 0.3) is 5.91 Å². The lowest BCUT2D eigenvalue weighted by Crippen LogP contribution is -2.30. The molecule has 1 aliphatic heterocycles. The van der Waals surface area contributed by atoms with Crippen LogP contribution in [0.25, 0.3) is 0 Å². The summed E-state index contributed by atoms with van der Waals surface area (Å²) >= 11 is 0. The number of anilines is 1. The number of pyridine rings is 1. The van der Waals surface area contributed by atoms with Gasteiger partial charge in [-0.25, -0.2) is 4.98 Å². The summed E-state index contributed by atoms with van der Waals surface area (Å²) < 4.78 is 5.48. The number of rotatable bonds is 6. The van der Waals surface area contributed by atoms with Crippen molar-refractivity contribution in [3.05, 3.63) is 23.9 Å². The molecule has 1 saturated heterocycles. The van der Waals surface area contributed by atoms with Crippen molar-refractivity contribution in [2.75, 3.05) is 25.1 Å². The summed E-state index contributed by atoms with van der Waals surface area (Å²) in [4.78, 5) is 16.2. The van der Waals surface area contributed by atoms with E-state index in [9.17, 15) is 4.79 Å². The van der Waals surface area contributed by atoms with Crippen LogP contribution in [-0.2, 0) is 4.74 Å². The van der Waals surface area contributed by atoms with Gasteiger partial charge < -0.3 is 15.4 Å². The predicted octanol–water partition coefficient (Wildman–Crippen LogP) is 2.45. The average molecular weight is 291 g/mol. The van der Waals surface area contributed by atoms with Gasteiger partial charge in [-0.1, -0.05) is 0 Å². The molecule has 0 saturated carbocycles. The first-order valence-electron chi connectivity index (χ1n) is 7.73. The van der Waals surface area contributed by atoms with E-state index in [0.29, 0.717) is 11.5 Å². The summed E-state index contributed by atoms with van der Waals surface area (Å²) in [6, 6.07) is 3.67. The highest BCUT2D eigenvalue weighted by atomic mass is 16.5. The molecule has 2 rings (SSSR count). The van der Waals surface area contributed by atoms with Crippen LogP contribution in [0.1, 0.15) is 43.5 Å². The Balaban J connectivity index is 1.81. The Kier molecular flexibility index (Phi) is 5.99. The van der Waals surface area contributed by atoms with Gasteiger partial charge >= 0.3 is 0 Å². The third-order valence-electron chi connectivity index (χ3n) is 3.56. The Bertz CT molecular complexity index is 457. The molecule has 21 heavy (non-hydrogen) atoms. The van der Waals surface area contributed by atoms with Crippen LogP contribution in [-0.4, -0.2) is 36.7 Å². The van der Waals surface area contributed by atoms with Gasteiger partial charge in [-0.15, -0.1) is 0 Å². The quantitative estimate of drug-likeness (QED) is 0.845. The van der Waals surface area contributed by atoms with Gasteiger partial charge in [0.1, 0.15) is 5.82 Å². The zero-order chi connectivity index (χ0) is 15.1. The van der Waals surface area contributed by atoms with Gasteiger partial charge in [0.15, 0.2) is 0 Å². The molecular formula is C16H25N3O2. The first-order valence-corrected chi connectivity index (χ1v) is 7.73. The molecule has 1 amide bonds. The Morgan fingerprint density at radius 3 is 3.10 bits per heavy atom. The first kappa shape index (κ1) is 15.8. The fourth-order valence-electron chi connectivity index (χ4n) is 2.45. The zero-order valence-corrected chi connectivity index (χ0v) is 12.9. The molecule has 0 bridgehead atoms. The maximum Gasteiger partial charge on any atom is 0.251 e. The number of amides is 1. The summed E-state index contributed by atoms with van der Waals surface area (Å²) in [7, 11) is 0. The SMILES string of the molecule is CC(C)NC(=O)c1ccnc(NCCC2CCCOC2)c1. The first-order chi connectivity index (χ1) is 10.1. The minimum absolute atomic E-state index is 0.0591. The number of nitrogens with one attached hydrogen (secondary N) is 2. The fourth-order valence-corrected chi connectivity index (χ4v) is 2.45. The summed E-state index contributed by atoms with van der Waals surface area (Å²) in [5.41, 5.74) is 0.641. The summed E-state index contributed by atoms with van der Waals surface area (Å²) in [5.74, 6) is 1.33. The molecule has 1 atom stereocenters. The third kappa shape index (κ3) is 5.34. The monoisotopic (exact) mass is 291 g/mol. The van der Waals surface area contributed by atoms with Crippen LogP contribution < -0.4 is 10.6 Å². The zero-order valence-electron chi connectivity index (χ0n) is 12.9. The van der Waals surface area contributed by atoms with Crippen LogP contribution >= 0.6 is 0 Å². The normalized spacial score (nSPS) is 18.5. The van der Waals surface area contributed by atoms with Crippen molar-refractivity contribution in [2.45, 2.75) is 39.2 Å². The molecule has 116 valence electrons. The lowest BCUT2D eigenvalue weighted by atomic mass is 9.99. The third-order valence-corrected chi connectivity index (χ3v) is 3.56. The summed E-state index contributed by atoms with van der Waals surface area (Å²) in [6.45, 7) is 6.52. The number of carbonyl (C=O) groups is 1. The largest absolute Gasteiger partial charge is 0.381 e. The van der Waals surface area contributed by atoms with Crippen molar-refractivity contribution in [3.63, 3.8) is 0 Å². The summed E-state index contributed by atoms with van der Waals surface area (Å²) in [6.07, 6.45) is 5.14. The van der Waals surface area contributed by atoms with Crippen molar-refractivity contribution in [1.29, 1.82) is 0 Å². The van der Waals surface area contributed by atoms with E-state index in [0.717, 1.165) is 38.4 Å². The molecule has 1 aliphatic rings. The number of hydrogen-bond acceptors (Lipinski definition) is 4. The Morgan fingerprint density at radius 1 is 1.52 bits per heavy atom. The van der Waals surface area contributed by atoms with Gasteiger partial charge in [-0.2, -0.15) is 0 Å². The minimum Gasteiger partial charge on any atom is -0.381 e. The van der Waals surface area contributed by atoms with Gasteiger partial charge in [0, 0.05) is 37.6 Å². The van der Waals surface area contributed by atoms with E-state index in [4.69, 9.17) is 4.74 Å². The molecular weight excluding hydrogens is 266 g/mol. The van der Waals surface area contributed by atoms with E-state index < -0.39 is 0 Å². The molecule has 0 radical (unpaired) electrons. The van der Waals surface area contributed by atoms with Crippen molar-refractivity contribution in [1.82, 2.24) is 10.3 Å². The minimum atomic E-state index is -0.0591. The molecule has 5 nitrogen and oxygen atoms in total. The van der Waals surface area contributed by atoms with Crippen LogP contribution in [0.5, 0.6) is 0 Å². The average Bonchev–Trinajstić information content (AvgIpc) is 2.48. The maximum atomic E-state index is 11.9. The number of ether oxygens (including phenoxy) is 1. The fraction of sp³-hybridized carbons (Fsp3) is 0.625. The molecule has 2 N–H and O–H groups in total. The second kappa shape index (κ2) is 7.98. The second-order valence-electron chi connectivity index (χ2n) is 5.86. The van der Waals surface area contributed by atoms with E-state index >= 15 is 0 Å². The Hall–Kier alpha value is -1.62. The molecule has 0 spiro atoms. The van der Waals surface area contributed by atoms with Gasteiger partial charge in [0.2, 0.25) is 0 Å². The van der Waals surface area contributed by atoms with Crippen molar-refractivity contribution in [2.24, 2.45) is 5.92 Å². The maximum absolute atomic E-state index is 11.9. The highest BCUT2D eigenvalue weighted by molar-refractivity contribution is 5.94. The molecule has 5 heteroatoms. The van der Waals surface area contributed by atoms with E-state index in [1.807, 2.05) is 13.8 Å². The topological polar surface area (TPSA) is 63.2 Å². The van der Waals surface area contributed by atoms with E-state index in [1.54, 1.807) is 18.3 Å². The number of nitrogens with zero attached hydrogens (tertiary/aromatic N) is 1. The van der Waals surface area contributed by atoms with E-state index in [1.165, 1.54) is 6.42 Å². The van der Waals surface area contributed by atoms with Crippen LogP contribution in [0, 0.1) is 5.92 Å². The van der Waals surface area contributed by atoms with Crippen molar-refractivity contribution in [3.8, 4) is 0 Å². The van der Waals surface area contributed by atoms with Crippen molar-refractivity contribution >= 4 is 11.7 Å². The van der Waals surface area contributed by atoms with E-state index in [2.05, 4.69) is 15.6 Å². The van der Waals surface area contributed by atoms with Gasteiger partial charge in [0.05, 0.1) is 0 Å². The standard InChI is InChI=1S/C16H25N3O2/c1-12(2)19-16(20)14-6-8-18-15(10-14)17-7-5-13-4-3-9-21-11-13/h6,8,10,12-13H,3-5,7,9,11H2,1-2H3,(H,17,18)(H,19,20). The van der Waals surface area contributed by atoms with Crippen LogP contribution in [0.3, 0.4) is 0 Å². The van der Waals surface area contributed by atoms with Gasteiger partial charge in [-0.05, 0) is 51.2 Å². The van der Waals surface area contributed by atoms with Crippen molar-refractivity contribution < 1.29 is 9.53 Å². The van der Waals surface area contributed by atoms with Crippen LogP contribution in [0.15, 0.2) is 18.3 Å². The molecule has 2 heterocycles. The highest BCUT2D eigenvalue weighted by Gasteiger charge is 2.13. The Morgan fingerprint density at radius 2 is 2.38 bits per heavy atom. The molecule has 0 aliphatic carbocycles. The van der Waals surface area contributed by atoms with E-state index in [-0.39, 0.29) is 11.9 Å². The van der Waals surface area contributed by atoms with Gasteiger partial charge in [-0.3, -0.25) is 4.79 Å². The summed E-state index contributed by atoms with van der Waals surface area (Å²) in [5, 5.41) is 6.18. The lowest BCUT2D eigenvalue weighted by Gasteiger charge is -2.22. The number of hydrogen-bond donors (Lipinski definition) is 2. The molecule has 0 aromatic carbocycles. The predicted molar refractivity (Wildman–Crippen MR) is 83.5 cm³/mol. The lowest BCUT2D eigenvalue weighted by molar-refractivity contribution is 0.0530. The number of aromatic nitrogens is 1. The molecule has 1 aromatic heterocycles. The van der Waals surface area contributed by atoms with Crippen LogP contribution in [0.2, 0.25) is 0 Å². The molecule has 1 unspecified atom stereocenters. The molecule has 1 fully saturated rings. The second-order valence-corrected chi connectivity index (χ2v) is 5.86. The Labute approximate surface area is 126 Å². The highest BCUT2D eigenvalue weighted by Crippen LogP contribution is 2.17.